The van der Waals surface area contributed by atoms with Crippen LogP contribution < -0.4 is 5.32 Å². The van der Waals surface area contributed by atoms with Crippen LogP contribution >= 0.6 is 21.6 Å². The Bertz CT molecular complexity index is 218. The van der Waals surface area contributed by atoms with Gasteiger partial charge in [0.05, 0.1) is 6.61 Å². The molecular formula is C13H29NO3S2. The summed E-state index contributed by atoms with van der Waals surface area (Å²) in [5.41, 5.74) is 0.564. The van der Waals surface area contributed by atoms with Gasteiger partial charge in [0.25, 0.3) is 6.47 Å². The molecular weight excluding hydrogens is 282 g/mol. The summed E-state index contributed by atoms with van der Waals surface area (Å²) in [6.45, 7) is 12.2. The summed E-state index contributed by atoms with van der Waals surface area (Å²) in [7, 11) is 5.17. The third-order valence-electron chi connectivity index (χ3n) is 3.11. The molecule has 0 rings (SSSR count). The summed E-state index contributed by atoms with van der Waals surface area (Å²) in [5.74, 6) is 1.51. The van der Waals surface area contributed by atoms with E-state index in [1.807, 2.05) is 7.05 Å². The highest BCUT2D eigenvalue weighted by Crippen LogP contribution is 2.28. The van der Waals surface area contributed by atoms with Gasteiger partial charge in [0.15, 0.2) is 0 Å². The van der Waals surface area contributed by atoms with Crippen molar-refractivity contribution in [2.75, 3.05) is 31.8 Å². The number of hydrogen-bond donors (Lipinski definition) is 2. The smallest absolute Gasteiger partial charge is 0.293 e. The zero-order valence-electron chi connectivity index (χ0n) is 13.0. The van der Waals surface area contributed by atoms with Gasteiger partial charge in [-0.15, -0.1) is 0 Å². The minimum absolute atomic E-state index is 0.201. The predicted molar refractivity (Wildman–Crippen MR) is 86.6 cm³/mol. The highest BCUT2D eigenvalue weighted by Gasteiger charge is 2.30. The van der Waals surface area contributed by atoms with E-state index in [0.717, 1.165) is 11.5 Å². The topological polar surface area (TPSA) is 58.6 Å². The van der Waals surface area contributed by atoms with Gasteiger partial charge in [0.1, 0.15) is 6.61 Å². The van der Waals surface area contributed by atoms with Crippen molar-refractivity contribution in [2.45, 2.75) is 40.2 Å². The molecule has 0 saturated heterocycles. The number of rotatable bonds is 8. The number of aliphatic hydroxyl groups excluding tert-OH is 1. The van der Waals surface area contributed by atoms with Gasteiger partial charge in [-0.25, -0.2) is 0 Å². The first-order valence-corrected chi connectivity index (χ1v) is 8.81. The van der Waals surface area contributed by atoms with Crippen LogP contribution in [0.2, 0.25) is 0 Å². The molecule has 116 valence electrons. The van der Waals surface area contributed by atoms with Crippen molar-refractivity contribution in [3.05, 3.63) is 0 Å². The van der Waals surface area contributed by atoms with E-state index in [-0.39, 0.29) is 12.1 Å². The average Bonchev–Trinajstić information content (AvgIpc) is 2.33. The van der Waals surface area contributed by atoms with Crippen LogP contribution in [0.4, 0.5) is 0 Å². The first-order valence-electron chi connectivity index (χ1n) is 6.32. The fourth-order valence-electron chi connectivity index (χ4n) is 0.660. The fraction of sp³-hybridized carbons (Fsp3) is 0.923. The van der Waals surface area contributed by atoms with E-state index in [1.54, 1.807) is 21.6 Å². The Balaban J connectivity index is 0. The Labute approximate surface area is 125 Å². The number of ether oxygens (including phenoxy) is 1. The average molecular weight is 312 g/mol. The van der Waals surface area contributed by atoms with Crippen molar-refractivity contribution in [1.29, 1.82) is 0 Å². The molecule has 0 aromatic carbocycles. The van der Waals surface area contributed by atoms with Crippen LogP contribution in [0, 0.1) is 5.41 Å². The van der Waals surface area contributed by atoms with Crippen LogP contribution in [0.3, 0.4) is 0 Å². The molecule has 0 amide bonds. The largest absolute Gasteiger partial charge is 0.467 e. The van der Waals surface area contributed by atoms with Gasteiger partial charge in [-0.1, -0.05) is 42.4 Å². The number of aliphatic hydroxyl groups is 1. The van der Waals surface area contributed by atoms with E-state index >= 15 is 0 Å². The van der Waals surface area contributed by atoms with Crippen LogP contribution in [0.1, 0.15) is 34.6 Å². The van der Waals surface area contributed by atoms with Crippen LogP contribution in [0.15, 0.2) is 0 Å². The lowest BCUT2D eigenvalue weighted by atomic mass is 9.76. The molecule has 6 heteroatoms. The molecule has 0 aliphatic rings. The van der Waals surface area contributed by atoms with Crippen molar-refractivity contribution in [2.24, 2.45) is 5.41 Å². The monoisotopic (exact) mass is 311 g/mol. The molecule has 4 nitrogen and oxygen atoms in total. The number of nitrogens with one attached hydrogen (secondary N) is 1. The van der Waals surface area contributed by atoms with Crippen LogP contribution in [0.5, 0.6) is 0 Å². The molecule has 0 aliphatic carbocycles. The molecule has 0 radical (unpaired) electrons. The van der Waals surface area contributed by atoms with Gasteiger partial charge in [-0.05, 0) is 26.3 Å². The first-order chi connectivity index (χ1) is 8.72. The molecule has 0 aromatic heterocycles. The number of carbonyl (C=O) groups excluding carboxylic acids is 1. The van der Waals surface area contributed by atoms with Gasteiger partial charge in [0, 0.05) is 17.0 Å². The van der Waals surface area contributed by atoms with E-state index in [0.29, 0.717) is 18.5 Å². The molecule has 0 aliphatic heterocycles. The minimum Gasteiger partial charge on any atom is -0.467 e. The van der Waals surface area contributed by atoms with Crippen molar-refractivity contribution in [3.8, 4) is 0 Å². The van der Waals surface area contributed by atoms with E-state index in [2.05, 4.69) is 44.7 Å². The van der Waals surface area contributed by atoms with E-state index in [4.69, 9.17) is 5.11 Å². The van der Waals surface area contributed by atoms with Crippen molar-refractivity contribution in [1.82, 2.24) is 5.32 Å². The molecule has 0 heterocycles. The Kier molecular flexibility index (Phi) is 13.4. The van der Waals surface area contributed by atoms with Crippen molar-refractivity contribution in [3.63, 3.8) is 0 Å². The van der Waals surface area contributed by atoms with E-state index < -0.39 is 0 Å². The second-order valence-electron chi connectivity index (χ2n) is 5.46. The van der Waals surface area contributed by atoms with Crippen molar-refractivity contribution < 1.29 is 14.6 Å². The van der Waals surface area contributed by atoms with E-state index in [9.17, 15) is 4.79 Å². The molecule has 0 unspecified atom stereocenters. The number of hydrogen-bond acceptors (Lipinski definition) is 6. The molecule has 0 spiro atoms. The predicted octanol–water partition coefficient (Wildman–Crippen LogP) is 2.56. The lowest BCUT2D eigenvalue weighted by Gasteiger charge is -2.38. The molecule has 2 N–H and O–H groups in total. The van der Waals surface area contributed by atoms with Crippen LogP contribution in [0.25, 0.3) is 0 Å². The maximum Gasteiger partial charge on any atom is 0.293 e. The van der Waals surface area contributed by atoms with Gasteiger partial charge in [-0.2, -0.15) is 0 Å². The Morgan fingerprint density at radius 1 is 1.16 bits per heavy atom. The lowest BCUT2D eigenvalue weighted by molar-refractivity contribution is -0.128. The van der Waals surface area contributed by atoms with Gasteiger partial charge in [-0.3, -0.25) is 4.79 Å². The van der Waals surface area contributed by atoms with Crippen LogP contribution in [-0.2, 0) is 9.53 Å². The molecule has 0 fully saturated rings. The minimum atomic E-state index is 0.201. The first kappa shape index (κ1) is 21.4. The highest BCUT2D eigenvalue weighted by atomic mass is 33.1. The van der Waals surface area contributed by atoms with Crippen LogP contribution in [-0.4, -0.2) is 48.9 Å². The molecule has 0 aromatic rings. The standard InChI is InChI=1S/C8H19N.C5H10O3S2/c1-7(2,3)8(4,5)9-6;6-1-3-9-10-4-2-8-5-7/h9H,1-6H3;5-6H,1-4H2. The Morgan fingerprint density at radius 3 is 2.00 bits per heavy atom. The zero-order valence-corrected chi connectivity index (χ0v) is 14.6. The Morgan fingerprint density at radius 2 is 1.68 bits per heavy atom. The second kappa shape index (κ2) is 11.9. The number of carbonyl (C=O) groups is 1. The van der Waals surface area contributed by atoms with Gasteiger partial charge in [0.2, 0.25) is 0 Å². The third kappa shape index (κ3) is 12.9. The summed E-state index contributed by atoms with van der Waals surface area (Å²) in [6.07, 6.45) is 0. The normalized spacial score (nSPS) is 11.5. The zero-order chi connectivity index (χ0) is 15.4. The summed E-state index contributed by atoms with van der Waals surface area (Å²) < 4.78 is 4.44. The van der Waals surface area contributed by atoms with Crippen molar-refractivity contribution >= 4 is 28.1 Å². The summed E-state index contributed by atoms with van der Waals surface area (Å²) in [6, 6.07) is 0. The fourth-order valence-corrected chi connectivity index (χ4v) is 2.27. The second-order valence-corrected chi connectivity index (χ2v) is 8.16. The molecule has 19 heavy (non-hydrogen) atoms. The maximum absolute atomic E-state index is 9.62. The molecule has 0 atom stereocenters. The summed E-state index contributed by atoms with van der Waals surface area (Å²) in [4.78, 5) is 9.62. The molecule has 0 bridgehead atoms. The van der Waals surface area contributed by atoms with Gasteiger partial charge < -0.3 is 15.2 Å². The van der Waals surface area contributed by atoms with E-state index in [1.165, 1.54) is 0 Å². The maximum atomic E-state index is 9.62. The lowest BCUT2D eigenvalue weighted by Crippen LogP contribution is -2.47. The molecule has 0 saturated carbocycles. The highest BCUT2D eigenvalue weighted by molar-refractivity contribution is 8.76. The SMILES string of the molecule is CNC(C)(C)C(C)(C)C.O=COCCSSCCO. The summed E-state index contributed by atoms with van der Waals surface area (Å²) >= 11 is 0. The quantitative estimate of drug-likeness (QED) is 0.408. The Hall–Kier alpha value is 0.0900. The summed E-state index contributed by atoms with van der Waals surface area (Å²) in [5, 5.41) is 11.6. The van der Waals surface area contributed by atoms with Gasteiger partial charge >= 0.3 is 0 Å². The third-order valence-corrected chi connectivity index (χ3v) is 5.46.